The van der Waals surface area contributed by atoms with E-state index in [1.807, 2.05) is 0 Å². The van der Waals surface area contributed by atoms with Gasteiger partial charge >= 0.3 is 0 Å². The van der Waals surface area contributed by atoms with Crippen LogP contribution in [0.4, 0.5) is 0 Å². The zero-order valence-corrected chi connectivity index (χ0v) is 38.5. The van der Waals surface area contributed by atoms with Crippen LogP contribution in [0.3, 0.4) is 0 Å². The van der Waals surface area contributed by atoms with Crippen molar-refractivity contribution in [1.82, 2.24) is 0 Å². The minimum absolute atomic E-state index is 0.266. The summed E-state index contributed by atoms with van der Waals surface area (Å²) in [5.41, 5.74) is 0. The second-order valence-corrected chi connectivity index (χ2v) is 33.4. The van der Waals surface area contributed by atoms with Gasteiger partial charge in [0.15, 0.2) is 0 Å². The van der Waals surface area contributed by atoms with E-state index in [9.17, 15) is 0 Å². The molecule has 2 aliphatic rings. The molecule has 0 heterocycles. The Balaban J connectivity index is 3.14. The molecular formula is C10HBr17. The van der Waals surface area contributed by atoms with Gasteiger partial charge in [-0.05, 0) is 0 Å². The van der Waals surface area contributed by atoms with Crippen LogP contribution in [0.1, 0.15) is 0 Å². The summed E-state index contributed by atoms with van der Waals surface area (Å²) in [6, 6.07) is 0. The Morgan fingerprint density at radius 2 is 0.667 bits per heavy atom. The summed E-state index contributed by atoms with van der Waals surface area (Å²) in [6.07, 6.45) is 0. The molecule has 0 saturated heterocycles. The van der Waals surface area contributed by atoms with Crippen LogP contribution in [0.25, 0.3) is 0 Å². The van der Waals surface area contributed by atoms with Crippen molar-refractivity contribution in [3.8, 4) is 0 Å². The van der Waals surface area contributed by atoms with Crippen LogP contribution in [0.5, 0.6) is 0 Å². The van der Waals surface area contributed by atoms with Crippen molar-refractivity contribution in [2.75, 3.05) is 0 Å². The molecule has 2 aliphatic carbocycles. The summed E-state index contributed by atoms with van der Waals surface area (Å²) in [5.74, 6) is 0. The molecule has 3 unspecified atom stereocenters. The number of hydrogen-bond acceptors (Lipinski definition) is 0. The second-order valence-electron chi connectivity index (χ2n) is 5.80. The number of halogens is 17. The van der Waals surface area contributed by atoms with E-state index in [-0.39, 0.29) is 4.83 Å². The molecule has 2 fully saturated rings. The molecule has 0 amide bonds. The first kappa shape index (κ1) is 31.4. The van der Waals surface area contributed by atoms with Crippen LogP contribution >= 0.6 is 271 Å². The maximum atomic E-state index is 4.11. The summed E-state index contributed by atoms with van der Waals surface area (Å²) in [6.45, 7) is 0. The Bertz CT molecular complexity index is 653. The van der Waals surface area contributed by atoms with Gasteiger partial charge in [-0.25, -0.2) is 0 Å². The third kappa shape index (κ3) is 3.45. The summed E-state index contributed by atoms with van der Waals surface area (Å²) in [7, 11) is 0. The topological polar surface area (TPSA) is 0 Å². The van der Waals surface area contributed by atoms with Crippen molar-refractivity contribution < 1.29 is 0 Å². The maximum Gasteiger partial charge on any atom is 0.134 e. The number of hydrogen-bond donors (Lipinski definition) is 0. The fourth-order valence-corrected chi connectivity index (χ4v) is 25.9. The van der Waals surface area contributed by atoms with Crippen molar-refractivity contribution in [2.45, 2.75) is 36.1 Å². The van der Waals surface area contributed by atoms with Crippen LogP contribution in [0.2, 0.25) is 0 Å². The molecule has 0 bridgehead atoms. The first-order chi connectivity index (χ1) is 11.4. The average Bonchev–Trinajstić information content (AvgIpc) is 2.48. The van der Waals surface area contributed by atoms with Gasteiger partial charge in [0.05, 0.1) is 13.5 Å². The second kappa shape index (κ2) is 8.85. The molecule has 0 aromatic carbocycles. The SMILES string of the molecule is BrC1C(Br)(Br)C(Br)(Br)C(Br)(Br)C2(Br)C(Br)(Br)C(Br)(Br)C(Br)(Br)C(Br)(Br)C12Br. The Morgan fingerprint density at radius 3 is 1.04 bits per heavy atom. The monoisotopic (exact) mass is 1460 g/mol. The van der Waals surface area contributed by atoms with Gasteiger partial charge in [0, 0.05) is 0 Å². The molecular weight excluding hydrogens is 1480 g/mol. The standard InChI is InChI=1S/C10HBr17/c11-1-2(12)4(15,7(20,21)6(18,19)3(1,13)14)8(22,23)10(26,27)9(24,25)5(2,16)17/h1H. The van der Waals surface area contributed by atoms with Gasteiger partial charge in [0.1, 0.15) is 22.6 Å². The van der Waals surface area contributed by atoms with Crippen LogP contribution < -0.4 is 0 Å². The lowest BCUT2D eigenvalue weighted by atomic mass is 9.69. The molecule has 0 aromatic heterocycles. The van der Waals surface area contributed by atoms with Crippen molar-refractivity contribution in [3.63, 3.8) is 0 Å². The molecule has 17 heteroatoms. The summed E-state index contributed by atoms with van der Waals surface area (Å²) < 4.78 is -7.31. The predicted molar refractivity (Wildman–Crippen MR) is 180 cm³/mol. The van der Waals surface area contributed by atoms with Crippen molar-refractivity contribution in [1.29, 1.82) is 0 Å². The average molecular weight is 1480 g/mol. The minimum Gasteiger partial charge on any atom is -0.0848 e. The Hall–Kier alpha value is 8.16. The van der Waals surface area contributed by atoms with E-state index >= 15 is 0 Å². The van der Waals surface area contributed by atoms with Crippen LogP contribution in [0.15, 0.2) is 0 Å². The lowest BCUT2D eigenvalue weighted by molar-refractivity contribution is 0.257. The maximum absolute atomic E-state index is 4.11. The Morgan fingerprint density at radius 1 is 0.370 bits per heavy atom. The highest BCUT2D eigenvalue weighted by molar-refractivity contribution is 9.36. The van der Waals surface area contributed by atoms with Gasteiger partial charge in [-0.3, -0.25) is 0 Å². The lowest BCUT2D eigenvalue weighted by Gasteiger charge is -2.76. The highest BCUT2D eigenvalue weighted by Gasteiger charge is 2.94. The predicted octanol–water partition coefficient (Wildman–Crippen LogP) is 12.4. The number of alkyl halides is 17. The van der Waals surface area contributed by atoms with Gasteiger partial charge in [0.25, 0.3) is 0 Å². The van der Waals surface area contributed by atoms with E-state index in [2.05, 4.69) is 271 Å². The molecule has 3 atom stereocenters. The fourth-order valence-electron chi connectivity index (χ4n) is 2.88. The first-order valence-corrected chi connectivity index (χ1v) is 19.7. The van der Waals surface area contributed by atoms with E-state index in [0.717, 1.165) is 0 Å². The van der Waals surface area contributed by atoms with Gasteiger partial charge < -0.3 is 0 Å². The van der Waals surface area contributed by atoms with E-state index in [1.165, 1.54) is 0 Å². The zero-order valence-electron chi connectivity index (χ0n) is 11.5. The number of rotatable bonds is 0. The van der Waals surface area contributed by atoms with Crippen molar-refractivity contribution >= 4 is 271 Å². The van der Waals surface area contributed by atoms with Crippen LogP contribution in [0, 0.1) is 0 Å². The number of fused-ring (bicyclic) bond motifs is 1. The van der Waals surface area contributed by atoms with Crippen molar-refractivity contribution in [3.05, 3.63) is 0 Å². The van der Waals surface area contributed by atoms with Gasteiger partial charge in [-0.2, -0.15) is 0 Å². The van der Waals surface area contributed by atoms with Crippen molar-refractivity contribution in [2.24, 2.45) is 0 Å². The van der Waals surface area contributed by atoms with E-state index in [1.54, 1.807) is 0 Å². The van der Waals surface area contributed by atoms with E-state index in [4.69, 9.17) is 0 Å². The highest BCUT2D eigenvalue weighted by Crippen LogP contribution is 2.89. The first-order valence-electron chi connectivity index (χ1n) is 6.07. The van der Waals surface area contributed by atoms with Gasteiger partial charge in [0.2, 0.25) is 0 Å². The van der Waals surface area contributed by atoms with E-state index in [0.29, 0.717) is 0 Å². The minimum atomic E-state index is -0.864. The van der Waals surface area contributed by atoms with Crippen LogP contribution in [-0.4, -0.2) is 36.1 Å². The molecule has 27 heavy (non-hydrogen) atoms. The summed E-state index contributed by atoms with van der Waals surface area (Å²) in [4.78, 5) is -0.266. The Kier molecular flexibility index (Phi) is 10.3. The fraction of sp³-hybridized carbons (Fsp3) is 1.00. The quantitative estimate of drug-likeness (QED) is 0.212. The smallest absolute Gasteiger partial charge is 0.0848 e. The van der Waals surface area contributed by atoms with Gasteiger partial charge in [-0.1, -0.05) is 271 Å². The molecule has 2 saturated carbocycles. The third-order valence-corrected chi connectivity index (χ3v) is 42.0. The molecule has 0 nitrogen and oxygen atoms in total. The molecule has 0 spiro atoms. The van der Waals surface area contributed by atoms with E-state index < -0.39 is 31.3 Å². The lowest BCUT2D eigenvalue weighted by Crippen LogP contribution is -2.91. The van der Waals surface area contributed by atoms with Gasteiger partial charge in [-0.15, -0.1) is 0 Å². The van der Waals surface area contributed by atoms with Crippen LogP contribution in [-0.2, 0) is 0 Å². The molecule has 160 valence electrons. The largest absolute Gasteiger partial charge is 0.134 e. The molecule has 0 aliphatic heterocycles. The molecule has 0 radical (unpaired) electrons. The molecule has 0 N–H and O–H groups in total. The Labute approximate surface area is 300 Å². The third-order valence-electron chi connectivity index (χ3n) is 4.49. The summed E-state index contributed by atoms with van der Waals surface area (Å²) >= 11 is 66.9. The zero-order chi connectivity index (χ0) is 22.1. The molecule has 2 rings (SSSR count). The highest BCUT2D eigenvalue weighted by atomic mass is 79.9. The molecule has 0 aromatic rings. The summed E-state index contributed by atoms with van der Waals surface area (Å²) in [5, 5.41) is 0. The normalized spacial score (nSPS) is 45.0.